The zero-order valence-electron chi connectivity index (χ0n) is 8.60. The number of nitrogens with zero attached hydrogens (tertiary/aromatic N) is 1. The summed E-state index contributed by atoms with van der Waals surface area (Å²) in [4.78, 5) is 2.48. The fraction of sp³-hybridized carbons (Fsp3) is 0.818. The topological polar surface area (TPSA) is 15.3 Å². The Morgan fingerprint density at radius 1 is 1.08 bits per heavy atom. The molecule has 0 aromatic heterocycles. The van der Waals surface area contributed by atoms with Crippen LogP contribution in [0.25, 0.3) is 0 Å². The molecule has 2 heterocycles. The Labute approximate surface area is 81.0 Å². The van der Waals surface area contributed by atoms with Crippen molar-refractivity contribution < 1.29 is 0 Å². The third kappa shape index (κ3) is 2.05. The number of hydrogen-bond acceptors (Lipinski definition) is 2. The normalized spacial score (nSPS) is 25.2. The van der Waals surface area contributed by atoms with Crippen molar-refractivity contribution in [3.8, 4) is 0 Å². The second-order valence-electron chi connectivity index (χ2n) is 4.18. The van der Waals surface area contributed by atoms with E-state index in [0.717, 1.165) is 0 Å². The molecule has 13 heavy (non-hydrogen) atoms. The van der Waals surface area contributed by atoms with Crippen molar-refractivity contribution >= 4 is 0 Å². The molecule has 2 aliphatic rings. The van der Waals surface area contributed by atoms with Gasteiger partial charge in [0.15, 0.2) is 0 Å². The lowest BCUT2D eigenvalue weighted by Gasteiger charge is -2.32. The zero-order chi connectivity index (χ0) is 9.10. The molecule has 2 heteroatoms. The van der Waals surface area contributed by atoms with Crippen LogP contribution in [0.4, 0.5) is 0 Å². The van der Waals surface area contributed by atoms with Crippen molar-refractivity contribution in [3.63, 3.8) is 0 Å². The Morgan fingerprint density at radius 2 is 1.85 bits per heavy atom. The lowest BCUT2D eigenvalue weighted by Crippen LogP contribution is -2.29. The summed E-state index contributed by atoms with van der Waals surface area (Å²) in [6.45, 7) is 3.64. The SMILES string of the molecule is CN1CCCCC1=C1CCNCC1. The van der Waals surface area contributed by atoms with E-state index in [1.807, 2.05) is 0 Å². The van der Waals surface area contributed by atoms with Crippen LogP contribution in [-0.4, -0.2) is 31.6 Å². The standard InChI is InChI=1S/C11H20N2/c1-13-9-3-2-4-11(13)10-5-7-12-8-6-10/h12H,2-9H2,1H3. The zero-order valence-corrected chi connectivity index (χ0v) is 8.60. The van der Waals surface area contributed by atoms with Gasteiger partial charge in [0, 0.05) is 19.3 Å². The summed E-state index contributed by atoms with van der Waals surface area (Å²) >= 11 is 0. The van der Waals surface area contributed by atoms with E-state index in [1.54, 1.807) is 11.3 Å². The molecule has 0 atom stereocenters. The molecule has 2 fully saturated rings. The molecule has 0 amide bonds. The summed E-state index contributed by atoms with van der Waals surface area (Å²) in [5.41, 5.74) is 3.38. The lowest BCUT2D eigenvalue weighted by molar-refractivity contribution is 0.334. The smallest absolute Gasteiger partial charge is 0.0171 e. The predicted molar refractivity (Wildman–Crippen MR) is 55.6 cm³/mol. The van der Waals surface area contributed by atoms with Gasteiger partial charge in [-0.3, -0.25) is 0 Å². The Bertz CT molecular complexity index is 200. The molecule has 0 spiro atoms. The van der Waals surface area contributed by atoms with Gasteiger partial charge < -0.3 is 10.2 Å². The Balaban J connectivity index is 2.09. The van der Waals surface area contributed by atoms with Crippen LogP contribution in [-0.2, 0) is 0 Å². The molecule has 74 valence electrons. The van der Waals surface area contributed by atoms with E-state index < -0.39 is 0 Å². The minimum Gasteiger partial charge on any atom is -0.378 e. The van der Waals surface area contributed by atoms with Crippen LogP contribution < -0.4 is 5.32 Å². The monoisotopic (exact) mass is 180 g/mol. The molecule has 0 aromatic rings. The average Bonchev–Trinajstić information content (AvgIpc) is 2.20. The number of hydrogen-bond donors (Lipinski definition) is 1. The van der Waals surface area contributed by atoms with Crippen molar-refractivity contribution in [3.05, 3.63) is 11.3 Å². The van der Waals surface area contributed by atoms with Gasteiger partial charge in [0.05, 0.1) is 0 Å². The van der Waals surface area contributed by atoms with Crippen molar-refractivity contribution in [2.75, 3.05) is 26.7 Å². The van der Waals surface area contributed by atoms with Gasteiger partial charge in [0.2, 0.25) is 0 Å². The molecule has 1 N–H and O–H groups in total. The minimum atomic E-state index is 1.19. The summed E-state index contributed by atoms with van der Waals surface area (Å²) in [5, 5.41) is 3.42. The van der Waals surface area contributed by atoms with Gasteiger partial charge >= 0.3 is 0 Å². The first-order chi connectivity index (χ1) is 6.38. The lowest BCUT2D eigenvalue weighted by atomic mass is 9.97. The molecule has 0 aromatic carbocycles. The maximum atomic E-state index is 3.42. The molecule has 2 saturated heterocycles. The molecule has 2 nitrogen and oxygen atoms in total. The van der Waals surface area contributed by atoms with Gasteiger partial charge in [0.25, 0.3) is 0 Å². The van der Waals surface area contributed by atoms with E-state index in [0.29, 0.717) is 0 Å². The van der Waals surface area contributed by atoms with Crippen molar-refractivity contribution in [2.45, 2.75) is 32.1 Å². The van der Waals surface area contributed by atoms with E-state index in [1.165, 1.54) is 51.7 Å². The fourth-order valence-electron chi connectivity index (χ4n) is 2.43. The molecular formula is C11H20N2. The van der Waals surface area contributed by atoms with Gasteiger partial charge in [-0.15, -0.1) is 0 Å². The van der Waals surface area contributed by atoms with Crippen LogP contribution in [0.3, 0.4) is 0 Å². The summed E-state index contributed by atoms with van der Waals surface area (Å²) in [5.74, 6) is 0. The number of likely N-dealkylation sites (tertiary alicyclic amines) is 1. The second kappa shape index (κ2) is 4.14. The van der Waals surface area contributed by atoms with Crippen molar-refractivity contribution in [2.24, 2.45) is 0 Å². The molecule has 0 radical (unpaired) electrons. The van der Waals surface area contributed by atoms with Gasteiger partial charge in [-0.25, -0.2) is 0 Å². The van der Waals surface area contributed by atoms with Crippen LogP contribution in [0.15, 0.2) is 11.3 Å². The third-order valence-electron chi connectivity index (χ3n) is 3.23. The molecule has 0 bridgehead atoms. The van der Waals surface area contributed by atoms with Crippen LogP contribution in [0.1, 0.15) is 32.1 Å². The Kier molecular flexibility index (Phi) is 2.89. The Morgan fingerprint density at radius 3 is 2.54 bits per heavy atom. The average molecular weight is 180 g/mol. The van der Waals surface area contributed by atoms with Gasteiger partial charge in [-0.1, -0.05) is 0 Å². The summed E-state index contributed by atoms with van der Waals surface area (Å²) in [6.07, 6.45) is 6.66. The van der Waals surface area contributed by atoms with Crippen LogP contribution >= 0.6 is 0 Å². The molecule has 0 saturated carbocycles. The highest BCUT2D eigenvalue weighted by Gasteiger charge is 2.16. The number of rotatable bonds is 0. The molecule has 2 aliphatic heterocycles. The van der Waals surface area contributed by atoms with Crippen molar-refractivity contribution in [1.82, 2.24) is 10.2 Å². The minimum absolute atomic E-state index is 1.19. The number of piperidine rings is 2. The highest BCUT2D eigenvalue weighted by atomic mass is 15.1. The third-order valence-corrected chi connectivity index (χ3v) is 3.23. The second-order valence-corrected chi connectivity index (χ2v) is 4.18. The van der Waals surface area contributed by atoms with E-state index >= 15 is 0 Å². The molecule has 0 aliphatic carbocycles. The van der Waals surface area contributed by atoms with E-state index in [-0.39, 0.29) is 0 Å². The number of allylic oxidation sites excluding steroid dienone is 1. The first kappa shape index (κ1) is 9.07. The highest BCUT2D eigenvalue weighted by Crippen LogP contribution is 2.26. The van der Waals surface area contributed by atoms with Crippen LogP contribution in [0, 0.1) is 0 Å². The van der Waals surface area contributed by atoms with Crippen LogP contribution in [0.5, 0.6) is 0 Å². The van der Waals surface area contributed by atoms with Gasteiger partial charge in [-0.2, -0.15) is 0 Å². The van der Waals surface area contributed by atoms with Crippen LogP contribution in [0.2, 0.25) is 0 Å². The molecule has 2 rings (SSSR count). The summed E-state index contributed by atoms with van der Waals surface area (Å²) in [7, 11) is 2.25. The first-order valence-corrected chi connectivity index (χ1v) is 5.50. The van der Waals surface area contributed by atoms with E-state index in [2.05, 4.69) is 17.3 Å². The first-order valence-electron chi connectivity index (χ1n) is 5.50. The maximum Gasteiger partial charge on any atom is 0.0171 e. The van der Waals surface area contributed by atoms with E-state index in [4.69, 9.17) is 0 Å². The van der Waals surface area contributed by atoms with Crippen molar-refractivity contribution in [1.29, 1.82) is 0 Å². The molecule has 0 unspecified atom stereocenters. The molecular weight excluding hydrogens is 160 g/mol. The number of nitrogens with one attached hydrogen (secondary N) is 1. The highest BCUT2D eigenvalue weighted by molar-refractivity contribution is 5.16. The van der Waals surface area contributed by atoms with E-state index in [9.17, 15) is 0 Å². The maximum absolute atomic E-state index is 3.42. The summed E-state index contributed by atoms with van der Waals surface area (Å²) < 4.78 is 0. The summed E-state index contributed by atoms with van der Waals surface area (Å²) in [6, 6.07) is 0. The largest absolute Gasteiger partial charge is 0.378 e. The quantitative estimate of drug-likeness (QED) is 0.611. The Hall–Kier alpha value is -0.500. The fourth-order valence-corrected chi connectivity index (χ4v) is 2.43. The van der Waals surface area contributed by atoms with Gasteiger partial charge in [0.1, 0.15) is 0 Å². The predicted octanol–water partition coefficient (Wildman–Crippen LogP) is 1.74. The van der Waals surface area contributed by atoms with Gasteiger partial charge in [-0.05, 0) is 50.8 Å².